The number of hydrogen-bond donors (Lipinski definition) is 1. The van der Waals surface area contributed by atoms with E-state index in [-0.39, 0.29) is 11.7 Å². The normalized spacial score (nSPS) is 53.8. The maximum Gasteiger partial charge on any atom is 0.0944 e. The number of hydrogen-bond acceptors (Lipinski definition) is 2. The molecule has 0 spiro atoms. The molecule has 1 aliphatic heterocycles. The lowest BCUT2D eigenvalue weighted by atomic mass is 9.74. The minimum Gasteiger partial charge on any atom is -0.390 e. The average Bonchev–Trinajstić information content (AvgIpc) is 2.27. The highest BCUT2D eigenvalue weighted by Crippen LogP contribution is 2.45. The Morgan fingerprint density at radius 2 is 2.17 bits per heavy atom. The average molecular weight is 170 g/mol. The van der Waals surface area contributed by atoms with Gasteiger partial charge in [-0.05, 0) is 39.0 Å². The largest absolute Gasteiger partial charge is 0.390 e. The summed E-state index contributed by atoms with van der Waals surface area (Å²) in [5, 5.41) is 9.83. The first-order valence-corrected chi connectivity index (χ1v) is 4.99. The molecule has 1 heterocycles. The highest BCUT2D eigenvalue weighted by atomic mass is 16.5. The van der Waals surface area contributed by atoms with Crippen LogP contribution in [0.1, 0.15) is 39.5 Å². The van der Waals surface area contributed by atoms with Crippen molar-refractivity contribution in [2.75, 3.05) is 0 Å². The Labute approximate surface area is 73.9 Å². The highest BCUT2D eigenvalue weighted by molar-refractivity contribution is 4.99. The molecule has 2 aliphatic rings. The molecule has 2 fully saturated rings. The summed E-state index contributed by atoms with van der Waals surface area (Å²) < 4.78 is 5.81. The van der Waals surface area contributed by atoms with E-state index in [0.29, 0.717) is 12.0 Å². The first kappa shape index (κ1) is 8.52. The maximum absolute atomic E-state index is 9.83. The summed E-state index contributed by atoms with van der Waals surface area (Å²) in [5.74, 6) is 0.594. The van der Waals surface area contributed by atoms with Gasteiger partial charge in [-0.2, -0.15) is 0 Å². The van der Waals surface area contributed by atoms with Crippen LogP contribution in [0.25, 0.3) is 0 Å². The van der Waals surface area contributed by atoms with Crippen LogP contribution in [0, 0.1) is 5.92 Å². The van der Waals surface area contributed by atoms with E-state index < -0.39 is 0 Å². The van der Waals surface area contributed by atoms with Crippen LogP contribution in [-0.4, -0.2) is 22.9 Å². The van der Waals surface area contributed by atoms with Crippen molar-refractivity contribution in [3.05, 3.63) is 0 Å². The molecule has 1 saturated carbocycles. The van der Waals surface area contributed by atoms with Gasteiger partial charge in [-0.25, -0.2) is 0 Å². The number of ether oxygens (including phenoxy) is 1. The molecule has 1 N–H and O–H groups in total. The maximum atomic E-state index is 9.83. The third-order valence-electron chi connectivity index (χ3n) is 3.57. The molecule has 0 amide bonds. The van der Waals surface area contributed by atoms with Gasteiger partial charge in [0, 0.05) is 0 Å². The van der Waals surface area contributed by atoms with Gasteiger partial charge in [0.15, 0.2) is 0 Å². The van der Waals surface area contributed by atoms with Crippen LogP contribution in [0.4, 0.5) is 0 Å². The van der Waals surface area contributed by atoms with E-state index in [1.807, 2.05) is 0 Å². The van der Waals surface area contributed by atoms with Gasteiger partial charge in [-0.15, -0.1) is 0 Å². The van der Waals surface area contributed by atoms with Crippen molar-refractivity contribution in [2.24, 2.45) is 5.92 Å². The Morgan fingerprint density at radius 3 is 2.83 bits per heavy atom. The number of rotatable bonds is 0. The minimum atomic E-state index is -0.235. The first-order chi connectivity index (χ1) is 5.63. The Balaban J connectivity index is 2.18. The van der Waals surface area contributed by atoms with Gasteiger partial charge in [-0.1, -0.05) is 6.42 Å². The van der Waals surface area contributed by atoms with E-state index in [9.17, 15) is 5.11 Å². The lowest BCUT2D eigenvalue weighted by Crippen LogP contribution is -2.47. The van der Waals surface area contributed by atoms with E-state index in [1.54, 1.807) is 0 Å². The molecule has 2 rings (SSSR count). The predicted octanol–water partition coefficient (Wildman–Crippen LogP) is 1.71. The van der Waals surface area contributed by atoms with Crippen LogP contribution >= 0.6 is 0 Å². The third-order valence-corrected chi connectivity index (χ3v) is 3.57. The standard InChI is InChI=1S/C10H18O2/c1-7-6-8-4-3-5-9(11)10(8,2)12-7/h7-9,11H,3-6H2,1-2H3/t7-,8-,9-,10+/m0/s1. The zero-order chi connectivity index (χ0) is 8.77. The molecule has 1 saturated heterocycles. The number of fused-ring (bicyclic) bond motifs is 1. The summed E-state index contributed by atoms with van der Waals surface area (Å²) in [6, 6.07) is 0. The quantitative estimate of drug-likeness (QED) is 0.599. The van der Waals surface area contributed by atoms with Crippen LogP contribution in [-0.2, 0) is 4.74 Å². The molecular formula is C10H18O2. The topological polar surface area (TPSA) is 29.5 Å². The molecule has 0 bridgehead atoms. The Kier molecular flexibility index (Phi) is 1.92. The lowest BCUT2D eigenvalue weighted by Gasteiger charge is -2.39. The van der Waals surface area contributed by atoms with Crippen LogP contribution in [0.5, 0.6) is 0 Å². The number of aliphatic hydroxyl groups excluding tert-OH is 1. The van der Waals surface area contributed by atoms with Gasteiger partial charge >= 0.3 is 0 Å². The molecular weight excluding hydrogens is 152 g/mol. The Hall–Kier alpha value is -0.0800. The van der Waals surface area contributed by atoms with E-state index in [4.69, 9.17) is 4.74 Å². The van der Waals surface area contributed by atoms with Gasteiger partial charge in [0.2, 0.25) is 0 Å². The van der Waals surface area contributed by atoms with Gasteiger partial charge in [0.25, 0.3) is 0 Å². The van der Waals surface area contributed by atoms with Gasteiger partial charge in [0.1, 0.15) is 0 Å². The zero-order valence-electron chi connectivity index (χ0n) is 7.92. The fourth-order valence-electron chi connectivity index (χ4n) is 2.81. The SMILES string of the molecule is C[C@H]1C[C@@H]2CCC[C@H](O)[C@]2(C)O1. The zero-order valence-corrected chi connectivity index (χ0v) is 7.92. The lowest BCUT2D eigenvalue weighted by molar-refractivity contribution is -0.133. The summed E-state index contributed by atoms with van der Waals surface area (Å²) >= 11 is 0. The van der Waals surface area contributed by atoms with E-state index in [1.165, 1.54) is 6.42 Å². The van der Waals surface area contributed by atoms with Crippen molar-refractivity contribution in [1.82, 2.24) is 0 Å². The molecule has 0 aromatic rings. The minimum absolute atomic E-state index is 0.225. The van der Waals surface area contributed by atoms with Gasteiger partial charge in [0.05, 0.1) is 17.8 Å². The van der Waals surface area contributed by atoms with E-state index in [2.05, 4.69) is 13.8 Å². The van der Waals surface area contributed by atoms with Crippen LogP contribution in [0.2, 0.25) is 0 Å². The highest BCUT2D eigenvalue weighted by Gasteiger charge is 2.49. The second-order valence-electron chi connectivity index (χ2n) is 4.49. The molecule has 4 atom stereocenters. The molecule has 0 unspecified atom stereocenters. The molecule has 0 aromatic carbocycles. The second kappa shape index (κ2) is 2.71. The summed E-state index contributed by atoms with van der Waals surface area (Å²) in [7, 11) is 0. The predicted molar refractivity (Wildman–Crippen MR) is 46.9 cm³/mol. The van der Waals surface area contributed by atoms with Gasteiger partial charge in [-0.3, -0.25) is 0 Å². The Bertz CT molecular complexity index is 181. The van der Waals surface area contributed by atoms with E-state index >= 15 is 0 Å². The van der Waals surface area contributed by atoms with Crippen molar-refractivity contribution >= 4 is 0 Å². The Morgan fingerprint density at radius 1 is 1.42 bits per heavy atom. The smallest absolute Gasteiger partial charge is 0.0944 e. The van der Waals surface area contributed by atoms with Crippen LogP contribution in [0.3, 0.4) is 0 Å². The molecule has 2 nitrogen and oxygen atoms in total. The first-order valence-electron chi connectivity index (χ1n) is 4.99. The van der Waals surface area contributed by atoms with Crippen molar-refractivity contribution in [3.8, 4) is 0 Å². The fraction of sp³-hybridized carbons (Fsp3) is 1.00. The van der Waals surface area contributed by atoms with Crippen molar-refractivity contribution < 1.29 is 9.84 Å². The van der Waals surface area contributed by atoms with Crippen molar-refractivity contribution in [2.45, 2.75) is 57.3 Å². The summed E-state index contributed by atoms with van der Waals surface area (Å²) in [5.41, 5.74) is -0.225. The van der Waals surface area contributed by atoms with Crippen molar-refractivity contribution in [1.29, 1.82) is 0 Å². The fourth-order valence-corrected chi connectivity index (χ4v) is 2.81. The third kappa shape index (κ3) is 1.09. The molecule has 2 heteroatoms. The monoisotopic (exact) mass is 170 g/mol. The molecule has 12 heavy (non-hydrogen) atoms. The van der Waals surface area contributed by atoms with Crippen LogP contribution in [0.15, 0.2) is 0 Å². The molecule has 70 valence electrons. The number of aliphatic hydroxyl groups is 1. The summed E-state index contributed by atoms with van der Waals surface area (Å²) in [6.45, 7) is 4.18. The molecule has 1 aliphatic carbocycles. The van der Waals surface area contributed by atoms with E-state index in [0.717, 1.165) is 19.3 Å². The van der Waals surface area contributed by atoms with Crippen LogP contribution < -0.4 is 0 Å². The van der Waals surface area contributed by atoms with Crippen molar-refractivity contribution in [3.63, 3.8) is 0 Å². The molecule has 0 aromatic heterocycles. The summed E-state index contributed by atoms with van der Waals surface area (Å²) in [4.78, 5) is 0. The van der Waals surface area contributed by atoms with Gasteiger partial charge < -0.3 is 9.84 Å². The molecule has 0 radical (unpaired) electrons. The summed E-state index contributed by atoms with van der Waals surface area (Å²) in [6.07, 6.45) is 4.55. The second-order valence-corrected chi connectivity index (χ2v) is 4.49.